The minimum absolute atomic E-state index is 0.0203. The van der Waals surface area contributed by atoms with E-state index < -0.39 is 0 Å². The summed E-state index contributed by atoms with van der Waals surface area (Å²) in [4.78, 5) is 3.96. The predicted octanol–water partition coefficient (Wildman–Crippen LogP) is 3.67. The maximum atomic E-state index is 9.49. The van der Waals surface area contributed by atoms with Crippen molar-refractivity contribution in [3.05, 3.63) is 41.1 Å². The number of aromatic hydroxyl groups is 2. The molecule has 6 heteroatoms. The average Bonchev–Trinajstić information content (AvgIpc) is 2.28. The number of pyridine rings is 1. The van der Waals surface area contributed by atoms with Gasteiger partial charge in [0.1, 0.15) is 21.8 Å². The van der Waals surface area contributed by atoms with Gasteiger partial charge in [0.25, 0.3) is 0 Å². The quantitative estimate of drug-likeness (QED) is 0.655. The zero-order chi connectivity index (χ0) is 12.3. The molecule has 0 atom stereocenters. The molecule has 0 fully saturated rings. The van der Waals surface area contributed by atoms with Gasteiger partial charge in [0.15, 0.2) is 0 Å². The molecule has 0 spiro atoms. The smallest absolute Gasteiger partial charge is 0.146 e. The maximum absolute atomic E-state index is 9.49. The third-order valence-electron chi connectivity index (χ3n) is 1.94. The highest BCUT2D eigenvalue weighted by Gasteiger charge is 2.00. The zero-order valence-corrected chi connectivity index (χ0v) is 10.2. The normalized spacial score (nSPS) is 10.9. The molecule has 1 aromatic heterocycles. The van der Waals surface area contributed by atoms with E-state index in [1.165, 1.54) is 18.2 Å². The summed E-state index contributed by atoms with van der Waals surface area (Å²) in [5.41, 5.74) is 0.898. The van der Waals surface area contributed by atoms with Crippen LogP contribution in [-0.4, -0.2) is 15.2 Å². The van der Waals surface area contributed by atoms with E-state index in [9.17, 15) is 5.11 Å². The third-order valence-corrected chi connectivity index (χ3v) is 2.38. The summed E-state index contributed by atoms with van der Waals surface area (Å²) in [5, 5.41) is 26.4. The fourth-order valence-corrected chi connectivity index (χ4v) is 1.52. The number of hydrogen-bond donors (Lipinski definition) is 2. The Morgan fingerprint density at radius 2 is 1.88 bits per heavy atom. The molecule has 17 heavy (non-hydrogen) atoms. The van der Waals surface area contributed by atoms with Crippen LogP contribution in [0.1, 0.15) is 0 Å². The molecule has 1 aromatic carbocycles. The fourth-order valence-electron chi connectivity index (χ4n) is 1.16. The number of hydrogen-bond acceptors (Lipinski definition) is 5. The molecule has 2 N–H and O–H groups in total. The second kappa shape index (κ2) is 4.92. The van der Waals surface area contributed by atoms with Gasteiger partial charge in [-0.1, -0.05) is 0 Å². The zero-order valence-electron chi connectivity index (χ0n) is 8.58. The summed E-state index contributed by atoms with van der Waals surface area (Å²) >= 11 is 3.22. The number of azo groups is 1. The molecule has 0 amide bonds. The van der Waals surface area contributed by atoms with E-state index in [1.807, 2.05) is 0 Å². The molecular weight excluding hydrogens is 286 g/mol. The molecule has 0 aliphatic rings. The SMILES string of the molecule is Oc1ccc(/N=N/c2ccnc(Br)c2)c(O)c1. The standard InChI is InChI=1S/C11H8BrN3O2/c12-11-5-7(3-4-13-11)14-15-9-2-1-8(16)6-10(9)17/h1-6,16-17H/b15-14+. The van der Waals surface area contributed by atoms with Gasteiger partial charge in [-0.3, -0.25) is 0 Å². The first-order chi connectivity index (χ1) is 8.15. The van der Waals surface area contributed by atoms with Crippen molar-refractivity contribution in [1.82, 2.24) is 4.98 Å². The van der Waals surface area contributed by atoms with Crippen molar-refractivity contribution in [1.29, 1.82) is 0 Å². The van der Waals surface area contributed by atoms with Crippen LogP contribution in [0, 0.1) is 0 Å². The number of benzene rings is 1. The maximum Gasteiger partial charge on any atom is 0.146 e. The first-order valence-corrected chi connectivity index (χ1v) is 5.50. The van der Waals surface area contributed by atoms with Crippen molar-refractivity contribution in [3.63, 3.8) is 0 Å². The van der Waals surface area contributed by atoms with E-state index in [0.717, 1.165) is 0 Å². The summed E-state index contributed by atoms with van der Waals surface area (Å²) < 4.78 is 0.656. The van der Waals surface area contributed by atoms with E-state index in [0.29, 0.717) is 10.3 Å². The minimum atomic E-state index is -0.123. The third kappa shape index (κ3) is 3.01. The van der Waals surface area contributed by atoms with Gasteiger partial charge in [-0.15, -0.1) is 5.11 Å². The first-order valence-electron chi connectivity index (χ1n) is 4.70. The number of halogens is 1. The molecule has 0 aliphatic carbocycles. The van der Waals surface area contributed by atoms with Crippen LogP contribution in [0.4, 0.5) is 11.4 Å². The highest BCUT2D eigenvalue weighted by molar-refractivity contribution is 9.10. The molecule has 0 saturated carbocycles. The Morgan fingerprint density at radius 1 is 1.06 bits per heavy atom. The highest BCUT2D eigenvalue weighted by Crippen LogP contribution is 2.31. The van der Waals surface area contributed by atoms with Gasteiger partial charge in [-0.05, 0) is 40.2 Å². The van der Waals surface area contributed by atoms with Crippen molar-refractivity contribution in [2.45, 2.75) is 0 Å². The Hall–Kier alpha value is -1.95. The Labute approximate surface area is 106 Å². The molecule has 0 bridgehead atoms. The van der Waals surface area contributed by atoms with E-state index >= 15 is 0 Å². The second-order valence-electron chi connectivity index (χ2n) is 3.21. The number of rotatable bonds is 2. The Morgan fingerprint density at radius 3 is 2.59 bits per heavy atom. The molecule has 86 valence electrons. The van der Waals surface area contributed by atoms with Gasteiger partial charge in [0, 0.05) is 12.3 Å². The largest absolute Gasteiger partial charge is 0.508 e. The van der Waals surface area contributed by atoms with Gasteiger partial charge in [-0.25, -0.2) is 4.98 Å². The van der Waals surface area contributed by atoms with Crippen LogP contribution >= 0.6 is 15.9 Å². The molecule has 2 aromatic rings. The minimum Gasteiger partial charge on any atom is -0.508 e. The van der Waals surface area contributed by atoms with Crippen molar-refractivity contribution >= 4 is 27.3 Å². The molecule has 1 heterocycles. The van der Waals surface area contributed by atoms with Crippen molar-refractivity contribution in [2.75, 3.05) is 0 Å². The van der Waals surface area contributed by atoms with E-state index in [2.05, 4.69) is 31.1 Å². The lowest BCUT2D eigenvalue weighted by atomic mass is 10.3. The molecule has 0 aliphatic heterocycles. The van der Waals surface area contributed by atoms with Gasteiger partial charge < -0.3 is 10.2 Å². The summed E-state index contributed by atoms with van der Waals surface area (Å²) in [5.74, 6) is -0.144. The number of aromatic nitrogens is 1. The summed E-state index contributed by atoms with van der Waals surface area (Å²) in [6, 6.07) is 7.49. The number of phenolic OH excluding ortho intramolecular Hbond substituents is 2. The van der Waals surface area contributed by atoms with Gasteiger partial charge >= 0.3 is 0 Å². The van der Waals surface area contributed by atoms with Crippen molar-refractivity contribution < 1.29 is 10.2 Å². The van der Waals surface area contributed by atoms with Crippen LogP contribution < -0.4 is 0 Å². The van der Waals surface area contributed by atoms with Crippen molar-refractivity contribution in [2.24, 2.45) is 10.2 Å². The first kappa shape index (κ1) is 11.5. The highest BCUT2D eigenvalue weighted by atomic mass is 79.9. The average molecular weight is 294 g/mol. The van der Waals surface area contributed by atoms with Crippen LogP contribution in [0.2, 0.25) is 0 Å². The molecule has 5 nitrogen and oxygen atoms in total. The van der Waals surface area contributed by atoms with Crippen LogP contribution in [0.5, 0.6) is 11.5 Å². The van der Waals surface area contributed by atoms with Crippen LogP contribution in [0.15, 0.2) is 51.4 Å². The Kier molecular flexibility index (Phi) is 3.34. The van der Waals surface area contributed by atoms with Crippen LogP contribution in [0.25, 0.3) is 0 Å². The van der Waals surface area contributed by atoms with Crippen LogP contribution in [0.3, 0.4) is 0 Å². The lowest BCUT2D eigenvalue weighted by molar-refractivity contribution is 0.451. The lowest BCUT2D eigenvalue weighted by Crippen LogP contribution is -1.72. The lowest BCUT2D eigenvalue weighted by Gasteiger charge is -1.98. The fraction of sp³-hybridized carbons (Fsp3) is 0. The molecule has 2 rings (SSSR count). The van der Waals surface area contributed by atoms with E-state index in [1.54, 1.807) is 18.3 Å². The van der Waals surface area contributed by atoms with Gasteiger partial charge in [0.2, 0.25) is 0 Å². The Balaban J connectivity index is 2.26. The number of phenols is 2. The monoisotopic (exact) mass is 293 g/mol. The Bertz CT molecular complexity index is 572. The summed E-state index contributed by atoms with van der Waals surface area (Å²) in [7, 11) is 0. The summed E-state index contributed by atoms with van der Waals surface area (Å²) in [6.07, 6.45) is 1.59. The molecule has 0 radical (unpaired) electrons. The second-order valence-corrected chi connectivity index (χ2v) is 4.02. The van der Waals surface area contributed by atoms with Crippen LogP contribution in [-0.2, 0) is 0 Å². The van der Waals surface area contributed by atoms with Gasteiger partial charge in [0.05, 0.1) is 5.69 Å². The number of nitrogens with zero attached hydrogens (tertiary/aromatic N) is 3. The van der Waals surface area contributed by atoms with E-state index in [4.69, 9.17) is 5.11 Å². The molecular formula is C11H8BrN3O2. The summed E-state index contributed by atoms with van der Waals surface area (Å²) in [6.45, 7) is 0. The van der Waals surface area contributed by atoms with Crippen molar-refractivity contribution in [3.8, 4) is 11.5 Å². The molecule has 0 unspecified atom stereocenters. The topological polar surface area (TPSA) is 78.1 Å². The molecule has 0 saturated heterocycles. The van der Waals surface area contributed by atoms with Gasteiger partial charge in [-0.2, -0.15) is 5.11 Å². The van der Waals surface area contributed by atoms with E-state index in [-0.39, 0.29) is 17.2 Å². The predicted molar refractivity (Wildman–Crippen MR) is 65.9 cm³/mol.